The first-order valence-corrected chi connectivity index (χ1v) is 7.04. The predicted octanol–water partition coefficient (Wildman–Crippen LogP) is 3.08. The first kappa shape index (κ1) is 12.4. The summed E-state index contributed by atoms with van der Waals surface area (Å²) in [4.78, 5) is 8.88. The van der Waals surface area contributed by atoms with Crippen LogP contribution in [0.25, 0.3) is 22.0 Å². The van der Waals surface area contributed by atoms with Crippen molar-refractivity contribution in [3.05, 3.63) is 59.8 Å². The van der Waals surface area contributed by atoms with E-state index >= 15 is 0 Å². The molecule has 0 unspecified atom stereocenters. The molecule has 1 aliphatic heterocycles. The Morgan fingerprint density at radius 3 is 2.86 bits per heavy atom. The lowest BCUT2D eigenvalue weighted by Crippen LogP contribution is -2.24. The second-order valence-corrected chi connectivity index (χ2v) is 5.29. The average molecular weight is 279 g/mol. The van der Waals surface area contributed by atoms with Crippen molar-refractivity contribution in [2.75, 3.05) is 6.54 Å². The summed E-state index contributed by atoms with van der Waals surface area (Å²) < 4.78 is 13.9. The Hall–Kier alpha value is -2.33. The Labute approximate surface area is 121 Å². The zero-order chi connectivity index (χ0) is 14.2. The van der Waals surface area contributed by atoms with E-state index in [1.165, 1.54) is 11.6 Å². The van der Waals surface area contributed by atoms with Gasteiger partial charge in [0.05, 0.1) is 5.52 Å². The van der Waals surface area contributed by atoms with Gasteiger partial charge < -0.3 is 5.32 Å². The summed E-state index contributed by atoms with van der Waals surface area (Å²) in [6, 6.07) is 8.92. The summed E-state index contributed by atoms with van der Waals surface area (Å²) in [5, 5.41) is 3.89. The van der Waals surface area contributed by atoms with E-state index in [4.69, 9.17) is 0 Å². The molecule has 1 aliphatic rings. The largest absolute Gasteiger partial charge is 0.312 e. The van der Waals surface area contributed by atoms with Gasteiger partial charge in [-0.3, -0.25) is 9.97 Å². The van der Waals surface area contributed by atoms with Crippen LogP contribution in [-0.4, -0.2) is 16.5 Å². The van der Waals surface area contributed by atoms with Crippen LogP contribution in [0.3, 0.4) is 0 Å². The summed E-state index contributed by atoms with van der Waals surface area (Å²) in [5.74, 6) is -0.241. The lowest BCUT2D eigenvalue weighted by molar-refractivity contribution is 0.630. The van der Waals surface area contributed by atoms with Gasteiger partial charge in [-0.15, -0.1) is 0 Å². The molecule has 21 heavy (non-hydrogen) atoms. The van der Waals surface area contributed by atoms with Crippen LogP contribution < -0.4 is 5.32 Å². The van der Waals surface area contributed by atoms with E-state index in [-0.39, 0.29) is 5.82 Å². The first-order valence-electron chi connectivity index (χ1n) is 7.04. The molecule has 0 bridgehead atoms. The maximum absolute atomic E-state index is 13.9. The molecule has 0 spiro atoms. The number of hydrogen-bond acceptors (Lipinski definition) is 3. The molecule has 1 N–H and O–H groups in total. The van der Waals surface area contributed by atoms with Crippen LogP contribution in [0, 0.1) is 5.82 Å². The minimum atomic E-state index is -0.241. The molecule has 3 aromatic rings. The van der Waals surface area contributed by atoms with Crippen LogP contribution in [0.5, 0.6) is 0 Å². The molecule has 4 rings (SSSR count). The monoisotopic (exact) mass is 279 g/mol. The molecule has 2 aromatic heterocycles. The van der Waals surface area contributed by atoms with Gasteiger partial charge in [0.2, 0.25) is 0 Å². The van der Waals surface area contributed by atoms with Crippen molar-refractivity contribution >= 4 is 10.9 Å². The first-order chi connectivity index (χ1) is 10.3. The van der Waals surface area contributed by atoms with Crippen LogP contribution in [0.1, 0.15) is 11.3 Å². The molecule has 0 amide bonds. The Kier molecular flexibility index (Phi) is 2.89. The van der Waals surface area contributed by atoms with Crippen molar-refractivity contribution in [2.24, 2.45) is 0 Å². The van der Waals surface area contributed by atoms with Crippen molar-refractivity contribution < 1.29 is 4.39 Å². The van der Waals surface area contributed by atoms with Crippen LogP contribution in [0.2, 0.25) is 0 Å². The zero-order valence-electron chi connectivity index (χ0n) is 11.4. The number of rotatable bonds is 1. The Morgan fingerprint density at radius 1 is 1.05 bits per heavy atom. The van der Waals surface area contributed by atoms with Crippen LogP contribution in [-0.2, 0) is 13.0 Å². The van der Waals surface area contributed by atoms with Crippen molar-refractivity contribution in [3.8, 4) is 11.1 Å². The third-order valence-electron chi connectivity index (χ3n) is 3.92. The summed E-state index contributed by atoms with van der Waals surface area (Å²) >= 11 is 0. The second kappa shape index (κ2) is 4.90. The molecule has 0 saturated carbocycles. The third-order valence-corrected chi connectivity index (χ3v) is 3.92. The van der Waals surface area contributed by atoms with Gasteiger partial charge in [-0.05, 0) is 29.8 Å². The zero-order valence-corrected chi connectivity index (χ0v) is 11.4. The fourth-order valence-corrected chi connectivity index (χ4v) is 2.78. The van der Waals surface area contributed by atoms with E-state index in [2.05, 4.69) is 21.4 Å². The van der Waals surface area contributed by atoms with Crippen molar-refractivity contribution in [1.82, 2.24) is 15.3 Å². The summed E-state index contributed by atoms with van der Waals surface area (Å²) in [5.41, 5.74) is 4.92. The molecule has 3 nitrogen and oxygen atoms in total. The highest BCUT2D eigenvalue weighted by Gasteiger charge is 2.12. The lowest BCUT2D eigenvalue weighted by Gasteiger charge is -2.16. The summed E-state index contributed by atoms with van der Waals surface area (Å²) in [6.07, 6.45) is 4.59. The molecular formula is C17H14FN3. The van der Waals surface area contributed by atoms with E-state index in [1.807, 2.05) is 18.3 Å². The van der Waals surface area contributed by atoms with E-state index < -0.39 is 0 Å². The SMILES string of the molecule is Fc1cccc2ncc(-c3cnc4c(c3)CNCC4)cc12. The maximum Gasteiger partial charge on any atom is 0.132 e. The van der Waals surface area contributed by atoms with Gasteiger partial charge in [0.15, 0.2) is 0 Å². The molecule has 0 saturated heterocycles. The van der Waals surface area contributed by atoms with Gasteiger partial charge in [-0.2, -0.15) is 0 Å². The smallest absolute Gasteiger partial charge is 0.132 e. The van der Waals surface area contributed by atoms with E-state index in [0.717, 1.165) is 36.3 Å². The molecule has 0 radical (unpaired) electrons. The molecule has 3 heterocycles. The Morgan fingerprint density at radius 2 is 1.90 bits per heavy atom. The Balaban J connectivity index is 1.84. The third kappa shape index (κ3) is 2.17. The highest BCUT2D eigenvalue weighted by Crippen LogP contribution is 2.26. The number of fused-ring (bicyclic) bond motifs is 2. The quantitative estimate of drug-likeness (QED) is 0.744. The summed E-state index contributed by atoms with van der Waals surface area (Å²) in [6.45, 7) is 1.81. The van der Waals surface area contributed by atoms with Crippen molar-refractivity contribution in [2.45, 2.75) is 13.0 Å². The molecule has 0 aliphatic carbocycles. The minimum absolute atomic E-state index is 0.241. The number of nitrogens with one attached hydrogen (secondary N) is 1. The molecule has 104 valence electrons. The molecule has 1 aromatic carbocycles. The van der Waals surface area contributed by atoms with Crippen LogP contribution in [0.15, 0.2) is 42.7 Å². The van der Waals surface area contributed by atoms with E-state index in [0.29, 0.717) is 10.9 Å². The van der Waals surface area contributed by atoms with Gasteiger partial charge in [0.25, 0.3) is 0 Å². The highest BCUT2D eigenvalue weighted by molar-refractivity contribution is 5.84. The highest BCUT2D eigenvalue weighted by atomic mass is 19.1. The van der Waals surface area contributed by atoms with Crippen molar-refractivity contribution in [3.63, 3.8) is 0 Å². The minimum Gasteiger partial charge on any atom is -0.312 e. The van der Waals surface area contributed by atoms with Crippen LogP contribution in [0.4, 0.5) is 4.39 Å². The number of aromatic nitrogens is 2. The molecule has 0 atom stereocenters. The number of pyridine rings is 2. The van der Waals surface area contributed by atoms with Crippen LogP contribution >= 0.6 is 0 Å². The predicted molar refractivity (Wildman–Crippen MR) is 80.3 cm³/mol. The molecule has 0 fully saturated rings. The van der Waals surface area contributed by atoms with E-state index in [1.54, 1.807) is 12.3 Å². The van der Waals surface area contributed by atoms with Gasteiger partial charge in [-0.1, -0.05) is 6.07 Å². The fourth-order valence-electron chi connectivity index (χ4n) is 2.78. The second-order valence-electron chi connectivity index (χ2n) is 5.29. The van der Waals surface area contributed by atoms with E-state index in [9.17, 15) is 4.39 Å². The average Bonchev–Trinajstić information content (AvgIpc) is 2.54. The summed E-state index contributed by atoms with van der Waals surface area (Å²) in [7, 11) is 0. The van der Waals surface area contributed by atoms with Gasteiger partial charge in [0.1, 0.15) is 5.82 Å². The number of halogens is 1. The topological polar surface area (TPSA) is 37.8 Å². The van der Waals surface area contributed by atoms with Gasteiger partial charge >= 0.3 is 0 Å². The van der Waals surface area contributed by atoms with Crippen molar-refractivity contribution in [1.29, 1.82) is 0 Å². The fraction of sp³-hybridized carbons (Fsp3) is 0.176. The molecule has 4 heteroatoms. The maximum atomic E-state index is 13.9. The standard InChI is InChI=1S/C17H14FN3/c18-15-2-1-3-17-14(15)7-12(10-21-17)11-6-13-8-19-5-4-16(13)20-9-11/h1-3,6-7,9-10,19H,4-5,8H2. The van der Waals surface area contributed by atoms with Gasteiger partial charge in [-0.25, -0.2) is 4.39 Å². The number of benzene rings is 1. The normalized spacial score (nSPS) is 14.1. The number of nitrogens with zero attached hydrogens (tertiary/aromatic N) is 2. The lowest BCUT2D eigenvalue weighted by atomic mass is 10.0. The Bertz CT molecular complexity index is 829. The number of hydrogen-bond donors (Lipinski definition) is 1. The molecular weight excluding hydrogens is 265 g/mol. The van der Waals surface area contributed by atoms with Gasteiger partial charge in [0, 0.05) is 54.1 Å².